The number of para-hydroxylation sites is 2. The van der Waals surface area contributed by atoms with Crippen molar-refractivity contribution in [2.24, 2.45) is 5.92 Å². The van der Waals surface area contributed by atoms with Crippen molar-refractivity contribution in [1.29, 1.82) is 0 Å². The summed E-state index contributed by atoms with van der Waals surface area (Å²) in [5.41, 5.74) is 1.30. The molecular formula is C16H24N2O. The lowest BCUT2D eigenvalue weighted by Gasteiger charge is -2.45. The molecule has 0 radical (unpaired) electrons. The Morgan fingerprint density at radius 3 is 3.00 bits per heavy atom. The van der Waals surface area contributed by atoms with Crippen molar-refractivity contribution in [3.8, 4) is 5.75 Å². The molecule has 1 heterocycles. The Balaban J connectivity index is 1.77. The molecule has 19 heavy (non-hydrogen) atoms. The molecule has 3 heteroatoms. The summed E-state index contributed by atoms with van der Waals surface area (Å²) in [7, 11) is 0. The van der Waals surface area contributed by atoms with Crippen LogP contribution in [-0.4, -0.2) is 32.3 Å². The highest BCUT2D eigenvalue weighted by Gasteiger charge is 2.36. The van der Waals surface area contributed by atoms with Crippen LogP contribution in [0.25, 0.3) is 0 Å². The monoisotopic (exact) mass is 260 g/mol. The number of ether oxygens (including phenoxy) is 1. The van der Waals surface area contributed by atoms with Gasteiger partial charge in [0.25, 0.3) is 0 Å². The van der Waals surface area contributed by atoms with E-state index in [9.17, 15) is 0 Å². The van der Waals surface area contributed by atoms with Crippen molar-refractivity contribution in [3.63, 3.8) is 0 Å². The van der Waals surface area contributed by atoms with E-state index in [1.807, 2.05) is 0 Å². The van der Waals surface area contributed by atoms with E-state index in [4.69, 9.17) is 4.74 Å². The van der Waals surface area contributed by atoms with Gasteiger partial charge in [-0.15, -0.1) is 0 Å². The van der Waals surface area contributed by atoms with Gasteiger partial charge >= 0.3 is 0 Å². The summed E-state index contributed by atoms with van der Waals surface area (Å²) < 4.78 is 5.86. The quantitative estimate of drug-likeness (QED) is 0.901. The van der Waals surface area contributed by atoms with Gasteiger partial charge in [0, 0.05) is 12.6 Å². The Morgan fingerprint density at radius 1 is 1.32 bits per heavy atom. The minimum Gasteiger partial charge on any atom is -0.491 e. The number of rotatable bonds is 4. The molecule has 2 atom stereocenters. The zero-order chi connectivity index (χ0) is 13.1. The predicted octanol–water partition coefficient (Wildman–Crippen LogP) is 2.66. The summed E-state index contributed by atoms with van der Waals surface area (Å²) in [6.07, 6.45) is 3.81. The van der Waals surface area contributed by atoms with Crippen LogP contribution in [0.1, 0.15) is 26.2 Å². The van der Waals surface area contributed by atoms with Crippen molar-refractivity contribution < 1.29 is 4.74 Å². The second-order valence-corrected chi connectivity index (χ2v) is 5.58. The molecule has 2 unspecified atom stereocenters. The van der Waals surface area contributed by atoms with Gasteiger partial charge in [0.1, 0.15) is 5.75 Å². The van der Waals surface area contributed by atoms with E-state index in [0.717, 1.165) is 44.3 Å². The minimum absolute atomic E-state index is 0.696. The number of hydrogen-bond donors (Lipinski definition) is 1. The maximum Gasteiger partial charge on any atom is 0.142 e. The van der Waals surface area contributed by atoms with Crippen LogP contribution in [0.2, 0.25) is 0 Å². The summed E-state index contributed by atoms with van der Waals surface area (Å²) in [6, 6.07) is 9.20. The SMILES string of the molecule is CCNCC1CCC1N1CCCOc2ccccc21. The van der Waals surface area contributed by atoms with Gasteiger partial charge in [-0.3, -0.25) is 0 Å². The standard InChI is InChI=1S/C16H24N2O/c1-2-17-12-13-8-9-14(13)18-10-5-11-19-16-7-4-3-6-15(16)18/h3-4,6-7,13-14,17H,2,5,8-12H2,1H3. The molecule has 1 aromatic rings. The average molecular weight is 260 g/mol. The molecule has 1 aliphatic heterocycles. The molecule has 0 saturated heterocycles. The highest BCUT2D eigenvalue weighted by molar-refractivity contribution is 5.60. The predicted molar refractivity (Wildman–Crippen MR) is 79.0 cm³/mol. The normalized spacial score (nSPS) is 26.1. The van der Waals surface area contributed by atoms with Crippen molar-refractivity contribution in [3.05, 3.63) is 24.3 Å². The summed E-state index contributed by atoms with van der Waals surface area (Å²) in [6.45, 7) is 6.38. The minimum atomic E-state index is 0.696. The Bertz CT molecular complexity index is 421. The Morgan fingerprint density at radius 2 is 2.21 bits per heavy atom. The van der Waals surface area contributed by atoms with Crippen molar-refractivity contribution >= 4 is 5.69 Å². The van der Waals surface area contributed by atoms with E-state index >= 15 is 0 Å². The number of anilines is 1. The zero-order valence-corrected chi connectivity index (χ0v) is 11.8. The molecule has 104 valence electrons. The lowest BCUT2D eigenvalue weighted by atomic mass is 9.78. The van der Waals surface area contributed by atoms with Gasteiger partial charge in [-0.05, 0) is 50.4 Å². The first-order valence-electron chi connectivity index (χ1n) is 7.59. The molecule has 0 bridgehead atoms. The first kappa shape index (κ1) is 12.8. The fraction of sp³-hybridized carbons (Fsp3) is 0.625. The third-order valence-corrected chi connectivity index (χ3v) is 4.41. The smallest absolute Gasteiger partial charge is 0.142 e. The van der Waals surface area contributed by atoms with Gasteiger partial charge in [-0.1, -0.05) is 19.1 Å². The second kappa shape index (κ2) is 5.83. The van der Waals surface area contributed by atoms with E-state index in [-0.39, 0.29) is 0 Å². The molecule has 3 nitrogen and oxygen atoms in total. The van der Waals surface area contributed by atoms with Crippen molar-refractivity contribution in [2.45, 2.75) is 32.2 Å². The average Bonchev–Trinajstić information content (AvgIpc) is 2.61. The van der Waals surface area contributed by atoms with E-state index in [2.05, 4.69) is 41.4 Å². The number of hydrogen-bond acceptors (Lipinski definition) is 3. The summed E-state index contributed by atoms with van der Waals surface area (Å²) >= 11 is 0. The topological polar surface area (TPSA) is 24.5 Å². The lowest BCUT2D eigenvalue weighted by Crippen LogP contribution is -2.51. The largest absolute Gasteiger partial charge is 0.491 e. The molecule has 1 aromatic carbocycles. The van der Waals surface area contributed by atoms with E-state index < -0.39 is 0 Å². The van der Waals surface area contributed by atoms with Crippen LogP contribution in [0.4, 0.5) is 5.69 Å². The molecule has 1 aliphatic carbocycles. The maximum atomic E-state index is 5.86. The molecule has 0 aromatic heterocycles. The van der Waals surface area contributed by atoms with Crippen LogP contribution in [0.15, 0.2) is 24.3 Å². The maximum absolute atomic E-state index is 5.86. The van der Waals surface area contributed by atoms with E-state index in [1.165, 1.54) is 18.5 Å². The third kappa shape index (κ3) is 2.57. The number of fused-ring (bicyclic) bond motifs is 1. The molecule has 2 aliphatic rings. The van der Waals surface area contributed by atoms with Crippen molar-refractivity contribution in [1.82, 2.24) is 5.32 Å². The summed E-state index contributed by atoms with van der Waals surface area (Å²) in [5.74, 6) is 1.86. The van der Waals surface area contributed by atoms with Gasteiger partial charge in [0.2, 0.25) is 0 Å². The highest BCUT2D eigenvalue weighted by atomic mass is 16.5. The Hall–Kier alpha value is -1.22. The molecule has 3 rings (SSSR count). The van der Waals surface area contributed by atoms with Crippen molar-refractivity contribution in [2.75, 3.05) is 31.1 Å². The van der Waals surface area contributed by atoms with E-state index in [0.29, 0.717) is 6.04 Å². The molecule has 1 saturated carbocycles. The summed E-state index contributed by atoms with van der Waals surface area (Å²) in [5, 5.41) is 3.50. The van der Waals surface area contributed by atoms with Crippen LogP contribution in [0, 0.1) is 5.92 Å². The number of benzene rings is 1. The van der Waals surface area contributed by atoms with Gasteiger partial charge in [-0.25, -0.2) is 0 Å². The highest BCUT2D eigenvalue weighted by Crippen LogP contribution is 2.39. The molecule has 0 amide bonds. The fourth-order valence-electron chi connectivity index (χ4n) is 3.23. The number of nitrogens with one attached hydrogen (secondary N) is 1. The van der Waals surface area contributed by atoms with Crippen LogP contribution in [-0.2, 0) is 0 Å². The first-order chi connectivity index (χ1) is 9.40. The van der Waals surface area contributed by atoms with Gasteiger partial charge < -0.3 is 15.0 Å². The van der Waals surface area contributed by atoms with Crippen LogP contribution < -0.4 is 15.0 Å². The van der Waals surface area contributed by atoms with Crippen LogP contribution in [0.5, 0.6) is 5.75 Å². The molecule has 0 spiro atoms. The molecule has 1 fully saturated rings. The fourth-order valence-corrected chi connectivity index (χ4v) is 3.23. The number of nitrogens with zero attached hydrogens (tertiary/aromatic N) is 1. The zero-order valence-electron chi connectivity index (χ0n) is 11.8. The first-order valence-corrected chi connectivity index (χ1v) is 7.59. The van der Waals surface area contributed by atoms with E-state index in [1.54, 1.807) is 0 Å². The third-order valence-electron chi connectivity index (χ3n) is 4.41. The van der Waals surface area contributed by atoms with Crippen LogP contribution >= 0.6 is 0 Å². The van der Waals surface area contributed by atoms with Crippen LogP contribution in [0.3, 0.4) is 0 Å². The second-order valence-electron chi connectivity index (χ2n) is 5.58. The Kier molecular flexibility index (Phi) is 3.92. The van der Waals surface area contributed by atoms with Gasteiger partial charge in [-0.2, -0.15) is 0 Å². The van der Waals surface area contributed by atoms with Gasteiger partial charge in [0.05, 0.1) is 12.3 Å². The Labute approximate surface area is 115 Å². The lowest BCUT2D eigenvalue weighted by molar-refractivity contribution is 0.234. The molecule has 1 N–H and O–H groups in total. The summed E-state index contributed by atoms with van der Waals surface area (Å²) in [4.78, 5) is 2.59. The van der Waals surface area contributed by atoms with Gasteiger partial charge in [0.15, 0.2) is 0 Å². The molecular weight excluding hydrogens is 236 g/mol.